The van der Waals surface area contributed by atoms with Crippen molar-refractivity contribution in [3.8, 4) is 22.9 Å². The van der Waals surface area contributed by atoms with Crippen LogP contribution in [0.4, 0.5) is 0 Å². The van der Waals surface area contributed by atoms with Crippen LogP contribution in [0, 0.1) is 0 Å². The maximum atomic E-state index is 11.9. The van der Waals surface area contributed by atoms with Crippen LogP contribution in [0.3, 0.4) is 0 Å². The van der Waals surface area contributed by atoms with Gasteiger partial charge in [0.05, 0.1) is 17.3 Å². The molecule has 2 aromatic carbocycles. The molecule has 0 atom stereocenters. The number of nitrogens with zero attached hydrogens (tertiary/aromatic N) is 2. The summed E-state index contributed by atoms with van der Waals surface area (Å²) in [4.78, 5) is 36.3. The zero-order valence-electron chi connectivity index (χ0n) is 13.8. The molecule has 0 amide bonds. The number of hydrogen-bond acceptors (Lipinski definition) is 6. The lowest BCUT2D eigenvalue weighted by atomic mass is 10.3. The summed E-state index contributed by atoms with van der Waals surface area (Å²) >= 11 is 3.37. The number of aromatic nitrogens is 3. The fourth-order valence-corrected chi connectivity index (χ4v) is 2.74. The van der Waals surface area contributed by atoms with Crippen LogP contribution in [-0.4, -0.2) is 33.0 Å². The number of halogens is 1. The molecule has 1 heterocycles. The molecule has 0 aliphatic carbocycles. The SMILES string of the molecule is COc1ccc(Oc2ccc(-n3nc(C(=O)O)c(=O)[nH]c3=O)cc2)cc1Br. The van der Waals surface area contributed by atoms with E-state index in [0.29, 0.717) is 17.2 Å². The number of carbonyl (C=O) groups is 1. The molecule has 0 bridgehead atoms. The first-order valence-corrected chi connectivity index (χ1v) is 8.27. The summed E-state index contributed by atoms with van der Waals surface area (Å²) in [5.74, 6) is 0.167. The van der Waals surface area contributed by atoms with E-state index in [0.717, 1.165) is 9.15 Å². The van der Waals surface area contributed by atoms with Gasteiger partial charge in [0.2, 0.25) is 5.69 Å². The lowest BCUT2D eigenvalue weighted by Gasteiger charge is -2.09. The predicted octanol–water partition coefficient (Wildman–Crippen LogP) is 2.18. The molecular weight excluding hydrogens is 422 g/mol. The second-order valence-electron chi connectivity index (χ2n) is 5.22. The van der Waals surface area contributed by atoms with E-state index < -0.39 is 22.9 Å². The van der Waals surface area contributed by atoms with Gasteiger partial charge in [-0.3, -0.25) is 9.78 Å². The normalized spacial score (nSPS) is 10.4. The van der Waals surface area contributed by atoms with Gasteiger partial charge in [0.15, 0.2) is 0 Å². The van der Waals surface area contributed by atoms with Crippen molar-refractivity contribution in [1.82, 2.24) is 14.8 Å². The van der Waals surface area contributed by atoms with E-state index in [1.165, 1.54) is 12.1 Å². The Balaban J connectivity index is 1.89. The van der Waals surface area contributed by atoms with Gasteiger partial charge in [-0.05, 0) is 58.4 Å². The van der Waals surface area contributed by atoms with E-state index in [-0.39, 0.29) is 5.69 Å². The molecule has 2 N–H and O–H groups in total. The van der Waals surface area contributed by atoms with Crippen molar-refractivity contribution < 1.29 is 19.4 Å². The van der Waals surface area contributed by atoms with Crippen molar-refractivity contribution in [2.75, 3.05) is 7.11 Å². The summed E-state index contributed by atoms with van der Waals surface area (Å²) in [5.41, 5.74) is -2.42. The number of rotatable bonds is 5. The smallest absolute Gasteiger partial charge is 0.362 e. The highest BCUT2D eigenvalue weighted by molar-refractivity contribution is 9.10. The Bertz CT molecular complexity index is 1120. The first-order chi connectivity index (χ1) is 12.9. The molecule has 27 heavy (non-hydrogen) atoms. The third kappa shape index (κ3) is 3.90. The summed E-state index contributed by atoms with van der Waals surface area (Å²) in [6.07, 6.45) is 0. The molecule has 0 aliphatic heterocycles. The predicted molar refractivity (Wildman–Crippen MR) is 98.2 cm³/mol. The number of aromatic amines is 1. The van der Waals surface area contributed by atoms with E-state index in [1.54, 1.807) is 37.4 Å². The van der Waals surface area contributed by atoms with Gasteiger partial charge in [0.25, 0.3) is 5.56 Å². The fourth-order valence-electron chi connectivity index (χ4n) is 2.22. The number of hydrogen-bond donors (Lipinski definition) is 2. The summed E-state index contributed by atoms with van der Waals surface area (Å²) in [5, 5.41) is 12.6. The molecule has 0 unspecified atom stereocenters. The molecule has 0 aliphatic rings. The largest absolute Gasteiger partial charge is 0.496 e. The molecule has 138 valence electrons. The topological polar surface area (TPSA) is 124 Å². The standard InChI is InChI=1S/C17H12BrN3O6/c1-26-13-7-6-11(8-12(13)18)27-10-4-2-9(3-5-10)21-17(25)19-15(22)14(20-21)16(23)24/h2-8H,1H3,(H,23,24)(H,19,22,25). The molecule has 0 radical (unpaired) electrons. The van der Waals surface area contributed by atoms with E-state index in [2.05, 4.69) is 21.0 Å². The second-order valence-corrected chi connectivity index (χ2v) is 6.07. The zero-order chi connectivity index (χ0) is 19.6. The first-order valence-electron chi connectivity index (χ1n) is 7.48. The number of benzene rings is 2. The Hall–Kier alpha value is -3.40. The van der Waals surface area contributed by atoms with Crippen molar-refractivity contribution in [3.05, 3.63) is 73.5 Å². The highest BCUT2D eigenvalue weighted by Gasteiger charge is 2.14. The third-order valence-electron chi connectivity index (χ3n) is 3.47. The molecule has 0 saturated carbocycles. The zero-order valence-corrected chi connectivity index (χ0v) is 15.4. The Morgan fingerprint density at radius 2 is 1.81 bits per heavy atom. The monoisotopic (exact) mass is 433 g/mol. The van der Waals surface area contributed by atoms with Crippen LogP contribution < -0.4 is 20.7 Å². The van der Waals surface area contributed by atoms with Crippen LogP contribution in [0.5, 0.6) is 17.2 Å². The van der Waals surface area contributed by atoms with Crippen molar-refractivity contribution in [3.63, 3.8) is 0 Å². The highest BCUT2D eigenvalue weighted by atomic mass is 79.9. The maximum Gasteiger partial charge on any atom is 0.362 e. The number of carboxylic acids is 1. The highest BCUT2D eigenvalue weighted by Crippen LogP contribution is 2.31. The van der Waals surface area contributed by atoms with Crippen LogP contribution in [0.15, 0.2) is 56.5 Å². The van der Waals surface area contributed by atoms with Gasteiger partial charge in [-0.15, -0.1) is 0 Å². The van der Waals surface area contributed by atoms with Gasteiger partial charge < -0.3 is 14.6 Å². The number of ether oxygens (including phenoxy) is 2. The van der Waals surface area contributed by atoms with E-state index in [9.17, 15) is 14.4 Å². The average Bonchev–Trinajstić information content (AvgIpc) is 2.62. The minimum absolute atomic E-state index is 0.266. The lowest BCUT2D eigenvalue weighted by Crippen LogP contribution is -2.35. The quantitative estimate of drug-likeness (QED) is 0.631. The molecule has 1 aromatic heterocycles. The van der Waals surface area contributed by atoms with Gasteiger partial charge in [0, 0.05) is 0 Å². The number of carboxylic acid groups (broad SMARTS) is 1. The second kappa shape index (κ2) is 7.46. The first kappa shape index (κ1) is 18.4. The van der Waals surface area contributed by atoms with Crippen molar-refractivity contribution >= 4 is 21.9 Å². The Morgan fingerprint density at radius 1 is 1.15 bits per heavy atom. The van der Waals surface area contributed by atoms with Crippen molar-refractivity contribution in [2.24, 2.45) is 0 Å². The number of nitrogens with one attached hydrogen (secondary N) is 1. The Kier molecular flexibility index (Phi) is 5.08. The Labute approximate surface area is 159 Å². The lowest BCUT2D eigenvalue weighted by molar-refractivity contribution is 0.0685. The molecule has 10 heteroatoms. The number of aromatic carboxylic acids is 1. The molecular formula is C17H12BrN3O6. The van der Waals surface area contributed by atoms with Crippen molar-refractivity contribution in [2.45, 2.75) is 0 Å². The van der Waals surface area contributed by atoms with Crippen LogP contribution in [0.2, 0.25) is 0 Å². The van der Waals surface area contributed by atoms with Gasteiger partial charge in [-0.2, -0.15) is 9.78 Å². The summed E-state index contributed by atoms with van der Waals surface area (Å²) < 4.78 is 12.4. The molecule has 0 fully saturated rings. The summed E-state index contributed by atoms with van der Waals surface area (Å²) in [7, 11) is 1.56. The van der Waals surface area contributed by atoms with Gasteiger partial charge >= 0.3 is 11.7 Å². The maximum absolute atomic E-state index is 11.9. The van der Waals surface area contributed by atoms with Crippen LogP contribution >= 0.6 is 15.9 Å². The van der Waals surface area contributed by atoms with Crippen LogP contribution in [0.1, 0.15) is 10.5 Å². The summed E-state index contributed by atoms with van der Waals surface area (Å²) in [6.45, 7) is 0. The molecule has 3 aromatic rings. The Morgan fingerprint density at radius 3 is 2.41 bits per heavy atom. The van der Waals surface area contributed by atoms with Crippen LogP contribution in [-0.2, 0) is 0 Å². The molecule has 0 spiro atoms. The van der Waals surface area contributed by atoms with E-state index in [1.807, 2.05) is 4.98 Å². The van der Waals surface area contributed by atoms with Gasteiger partial charge in [-0.25, -0.2) is 9.59 Å². The van der Waals surface area contributed by atoms with Crippen LogP contribution in [0.25, 0.3) is 5.69 Å². The minimum Gasteiger partial charge on any atom is -0.496 e. The van der Waals surface area contributed by atoms with Gasteiger partial charge in [-0.1, -0.05) is 0 Å². The van der Waals surface area contributed by atoms with Crippen molar-refractivity contribution in [1.29, 1.82) is 0 Å². The number of H-pyrrole nitrogens is 1. The van der Waals surface area contributed by atoms with Gasteiger partial charge in [0.1, 0.15) is 17.2 Å². The fraction of sp³-hybridized carbons (Fsp3) is 0.0588. The molecule has 0 saturated heterocycles. The third-order valence-corrected chi connectivity index (χ3v) is 4.09. The minimum atomic E-state index is -1.53. The number of methoxy groups -OCH3 is 1. The van der Waals surface area contributed by atoms with E-state index in [4.69, 9.17) is 14.6 Å². The summed E-state index contributed by atoms with van der Waals surface area (Å²) in [6, 6.07) is 11.4. The molecule has 9 nitrogen and oxygen atoms in total. The molecule has 3 rings (SSSR count). The van der Waals surface area contributed by atoms with E-state index >= 15 is 0 Å². The average molecular weight is 434 g/mol.